The van der Waals surface area contributed by atoms with Gasteiger partial charge in [0.25, 0.3) is 0 Å². The topological polar surface area (TPSA) is 42.7 Å². The van der Waals surface area contributed by atoms with Crippen LogP contribution in [0.3, 0.4) is 0 Å². The van der Waals surface area contributed by atoms with Gasteiger partial charge in [-0.15, -0.1) is 0 Å². The van der Waals surface area contributed by atoms with E-state index in [4.69, 9.17) is 9.15 Å². The zero-order valence-corrected chi connectivity index (χ0v) is 13.0. The van der Waals surface area contributed by atoms with Crippen molar-refractivity contribution in [1.29, 1.82) is 0 Å². The fourth-order valence-electron chi connectivity index (χ4n) is 3.05. The molecule has 3 atom stereocenters. The highest BCUT2D eigenvalue weighted by Gasteiger charge is 2.48. The molecule has 0 bridgehead atoms. The van der Waals surface area contributed by atoms with Crippen molar-refractivity contribution in [1.82, 2.24) is 4.90 Å². The first-order chi connectivity index (χ1) is 10.1. The molecule has 0 N–H and O–H groups in total. The number of carbonyl (C=O) groups excluding carboxylic acids is 1. The summed E-state index contributed by atoms with van der Waals surface area (Å²) in [6.45, 7) is 6.82. The number of ether oxygens (including phenoxy) is 1. The van der Waals surface area contributed by atoms with Crippen molar-refractivity contribution in [3.8, 4) is 0 Å². The van der Waals surface area contributed by atoms with E-state index in [2.05, 4.69) is 13.8 Å². The van der Waals surface area contributed by atoms with Gasteiger partial charge in [0, 0.05) is 31.5 Å². The third-order valence-corrected chi connectivity index (χ3v) is 4.52. The van der Waals surface area contributed by atoms with Gasteiger partial charge in [0.05, 0.1) is 12.4 Å². The average molecular weight is 291 g/mol. The SMILES string of the molecule is CC(C)CCO[C@@H]1CCN(C(=O)[C@@H]2C[C@@H]2c2ccco2)C1. The van der Waals surface area contributed by atoms with Gasteiger partial charge in [-0.25, -0.2) is 0 Å². The molecule has 3 rings (SSSR count). The molecular weight excluding hydrogens is 266 g/mol. The minimum absolute atomic E-state index is 0.130. The molecule has 0 radical (unpaired) electrons. The number of hydrogen-bond donors (Lipinski definition) is 0. The van der Waals surface area contributed by atoms with Gasteiger partial charge in [-0.3, -0.25) is 4.79 Å². The van der Waals surface area contributed by atoms with Gasteiger partial charge in [-0.1, -0.05) is 13.8 Å². The van der Waals surface area contributed by atoms with Gasteiger partial charge in [0.2, 0.25) is 5.91 Å². The number of likely N-dealkylation sites (tertiary alicyclic amines) is 1. The summed E-state index contributed by atoms with van der Waals surface area (Å²) in [7, 11) is 0. The van der Waals surface area contributed by atoms with Crippen molar-refractivity contribution in [3.05, 3.63) is 24.2 Å². The van der Waals surface area contributed by atoms with Crippen LogP contribution in [0.25, 0.3) is 0 Å². The minimum atomic E-state index is 0.130. The molecule has 1 saturated carbocycles. The Kier molecular flexibility index (Phi) is 4.34. The van der Waals surface area contributed by atoms with Crippen molar-refractivity contribution in [2.75, 3.05) is 19.7 Å². The van der Waals surface area contributed by atoms with E-state index in [0.29, 0.717) is 11.8 Å². The molecule has 4 heteroatoms. The molecule has 4 nitrogen and oxygen atoms in total. The first kappa shape index (κ1) is 14.6. The van der Waals surface area contributed by atoms with E-state index >= 15 is 0 Å². The second-order valence-corrected chi connectivity index (χ2v) is 6.71. The quantitative estimate of drug-likeness (QED) is 0.809. The second kappa shape index (κ2) is 6.22. The summed E-state index contributed by atoms with van der Waals surface area (Å²) < 4.78 is 11.3. The van der Waals surface area contributed by atoms with Gasteiger partial charge in [-0.05, 0) is 37.3 Å². The third-order valence-electron chi connectivity index (χ3n) is 4.52. The third kappa shape index (κ3) is 3.49. The van der Waals surface area contributed by atoms with Crippen LogP contribution in [0, 0.1) is 11.8 Å². The van der Waals surface area contributed by atoms with Crippen LogP contribution in [0.15, 0.2) is 22.8 Å². The fraction of sp³-hybridized carbons (Fsp3) is 0.706. The summed E-state index contributed by atoms with van der Waals surface area (Å²) >= 11 is 0. The van der Waals surface area contributed by atoms with Crippen LogP contribution in [0.5, 0.6) is 0 Å². The van der Waals surface area contributed by atoms with Crippen LogP contribution in [0.2, 0.25) is 0 Å². The largest absolute Gasteiger partial charge is 0.469 e. The molecule has 1 aromatic heterocycles. The highest BCUT2D eigenvalue weighted by molar-refractivity contribution is 5.83. The fourth-order valence-corrected chi connectivity index (χ4v) is 3.05. The Hall–Kier alpha value is -1.29. The van der Waals surface area contributed by atoms with Crippen LogP contribution in [-0.4, -0.2) is 36.6 Å². The number of carbonyl (C=O) groups is 1. The Morgan fingerprint density at radius 2 is 2.38 bits per heavy atom. The summed E-state index contributed by atoms with van der Waals surface area (Å²) in [5, 5.41) is 0. The number of amides is 1. The smallest absolute Gasteiger partial charge is 0.226 e. The number of furan rings is 1. The summed E-state index contributed by atoms with van der Waals surface area (Å²) in [4.78, 5) is 14.4. The summed E-state index contributed by atoms with van der Waals surface area (Å²) in [6.07, 6.45) is 4.91. The molecule has 21 heavy (non-hydrogen) atoms. The summed E-state index contributed by atoms with van der Waals surface area (Å²) in [6, 6.07) is 3.86. The minimum Gasteiger partial charge on any atom is -0.469 e. The van der Waals surface area contributed by atoms with E-state index in [1.165, 1.54) is 0 Å². The summed E-state index contributed by atoms with van der Waals surface area (Å²) in [5.41, 5.74) is 0. The lowest BCUT2D eigenvalue weighted by molar-refractivity contribution is -0.132. The Bertz CT molecular complexity index is 468. The Balaban J connectivity index is 1.43. The molecule has 1 aliphatic carbocycles. The Morgan fingerprint density at radius 3 is 3.10 bits per heavy atom. The second-order valence-electron chi connectivity index (χ2n) is 6.71. The molecule has 1 aromatic rings. The zero-order valence-electron chi connectivity index (χ0n) is 13.0. The van der Waals surface area contributed by atoms with E-state index in [9.17, 15) is 4.79 Å². The Morgan fingerprint density at radius 1 is 1.52 bits per heavy atom. The van der Waals surface area contributed by atoms with Gasteiger partial charge in [0.1, 0.15) is 5.76 Å². The molecule has 0 aromatic carbocycles. The van der Waals surface area contributed by atoms with Crippen molar-refractivity contribution < 1.29 is 13.9 Å². The molecule has 2 aliphatic rings. The van der Waals surface area contributed by atoms with Crippen molar-refractivity contribution >= 4 is 5.91 Å². The van der Waals surface area contributed by atoms with Crippen LogP contribution in [-0.2, 0) is 9.53 Å². The van der Waals surface area contributed by atoms with Gasteiger partial charge in [-0.2, -0.15) is 0 Å². The van der Waals surface area contributed by atoms with Crippen LogP contribution >= 0.6 is 0 Å². The predicted octanol–water partition coefficient (Wildman–Crippen LogP) is 3.05. The monoisotopic (exact) mass is 291 g/mol. The summed E-state index contributed by atoms with van der Waals surface area (Å²) in [5.74, 6) is 2.34. The molecule has 1 aliphatic heterocycles. The molecule has 1 saturated heterocycles. The van der Waals surface area contributed by atoms with Crippen molar-refractivity contribution in [2.45, 2.75) is 45.1 Å². The van der Waals surface area contributed by atoms with Crippen LogP contribution in [0.4, 0.5) is 0 Å². The highest BCUT2D eigenvalue weighted by Crippen LogP contribution is 2.48. The molecule has 116 valence electrons. The van der Waals surface area contributed by atoms with Gasteiger partial charge in [0.15, 0.2) is 0 Å². The van der Waals surface area contributed by atoms with Gasteiger partial charge >= 0.3 is 0 Å². The lowest BCUT2D eigenvalue weighted by Gasteiger charge is -2.17. The molecule has 2 fully saturated rings. The van der Waals surface area contributed by atoms with Crippen LogP contribution in [0.1, 0.15) is 44.8 Å². The van der Waals surface area contributed by atoms with E-state index in [-0.39, 0.29) is 17.9 Å². The first-order valence-electron chi connectivity index (χ1n) is 8.09. The lowest BCUT2D eigenvalue weighted by Crippen LogP contribution is -2.31. The van der Waals surface area contributed by atoms with E-state index in [1.54, 1.807) is 6.26 Å². The van der Waals surface area contributed by atoms with Crippen LogP contribution < -0.4 is 0 Å². The molecule has 0 unspecified atom stereocenters. The maximum absolute atomic E-state index is 12.5. The van der Waals surface area contributed by atoms with E-state index < -0.39 is 0 Å². The molecule has 1 amide bonds. The lowest BCUT2D eigenvalue weighted by atomic mass is 10.1. The predicted molar refractivity (Wildman–Crippen MR) is 79.9 cm³/mol. The normalized spacial score (nSPS) is 28.3. The van der Waals surface area contributed by atoms with Gasteiger partial charge < -0.3 is 14.1 Å². The van der Waals surface area contributed by atoms with Crippen molar-refractivity contribution in [2.24, 2.45) is 11.8 Å². The van der Waals surface area contributed by atoms with E-state index in [1.807, 2.05) is 17.0 Å². The highest BCUT2D eigenvalue weighted by atomic mass is 16.5. The maximum Gasteiger partial charge on any atom is 0.226 e. The standard InChI is InChI=1S/C17H25NO3/c1-12(2)6-9-20-13-5-7-18(11-13)17(19)15-10-14(15)16-4-3-8-21-16/h3-4,8,12-15H,5-7,9-11H2,1-2H3/t13-,14+,15-/m1/s1. The molecular formula is C17H25NO3. The van der Waals surface area contributed by atoms with E-state index in [0.717, 1.165) is 44.7 Å². The Labute approximate surface area is 126 Å². The average Bonchev–Trinajstić information content (AvgIpc) is 2.90. The number of hydrogen-bond acceptors (Lipinski definition) is 3. The number of nitrogens with zero attached hydrogens (tertiary/aromatic N) is 1. The molecule has 2 heterocycles. The zero-order chi connectivity index (χ0) is 14.8. The maximum atomic E-state index is 12.5. The van der Waals surface area contributed by atoms with Crippen molar-refractivity contribution in [3.63, 3.8) is 0 Å². The molecule has 0 spiro atoms. The first-order valence-corrected chi connectivity index (χ1v) is 8.09. The number of rotatable bonds is 6.